The number of hydrogen-bond donors (Lipinski definition) is 0. The van der Waals surface area contributed by atoms with Crippen LogP contribution >= 0.6 is 0 Å². The summed E-state index contributed by atoms with van der Waals surface area (Å²) in [5, 5.41) is 0. The number of hydrogen-bond acceptors (Lipinski definition) is 5. The molecule has 0 aliphatic carbocycles. The molecule has 2 heterocycles. The van der Waals surface area contributed by atoms with Crippen molar-refractivity contribution in [3.63, 3.8) is 0 Å². The van der Waals surface area contributed by atoms with Crippen molar-refractivity contribution in [3.8, 4) is 0 Å². The van der Waals surface area contributed by atoms with E-state index in [9.17, 15) is 16.8 Å². The van der Waals surface area contributed by atoms with Crippen molar-refractivity contribution in [2.45, 2.75) is 19.3 Å². The van der Waals surface area contributed by atoms with Crippen molar-refractivity contribution in [3.05, 3.63) is 89.5 Å². The zero-order valence-corrected chi connectivity index (χ0v) is 19.5. The van der Waals surface area contributed by atoms with Gasteiger partial charge in [0.25, 0.3) is 0 Å². The second kappa shape index (κ2) is 6.98. The summed E-state index contributed by atoms with van der Waals surface area (Å²) >= 11 is 0. The third-order valence-electron chi connectivity index (χ3n) is 5.92. The number of aryl methyl sites for hydroxylation is 1. The summed E-state index contributed by atoms with van der Waals surface area (Å²) in [4.78, 5) is 1.88. The van der Waals surface area contributed by atoms with Crippen LogP contribution in [0, 0.1) is 6.92 Å². The SMILES string of the molecule is Cc1ccc(N2[C@H]3c4ccccc4N(S(C)(=O)=O)[C@H]2c2ccccc2N3S(C)(=O)=O)cc1. The van der Waals surface area contributed by atoms with Gasteiger partial charge in [-0.05, 0) is 31.2 Å². The predicted octanol–water partition coefficient (Wildman–Crippen LogP) is 3.76. The highest BCUT2D eigenvalue weighted by atomic mass is 32.2. The minimum atomic E-state index is -3.71. The molecule has 0 spiro atoms. The molecule has 0 saturated carbocycles. The fraction of sp³-hybridized carbons (Fsp3) is 0.217. The lowest BCUT2D eigenvalue weighted by Crippen LogP contribution is -2.59. The van der Waals surface area contributed by atoms with E-state index in [2.05, 4.69) is 0 Å². The Kier molecular flexibility index (Phi) is 4.55. The van der Waals surface area contributed by atoms with Gasteiger partial charge in [0.05, 0.1) is 23.9 Å². The van der Waals surface area contributed by atoms with Gasteiger partial charge in [0, 0.05) is 16.8 Å². The number of rotatable bonds is 3. The Morgan fingerprint density at radius 2 is 1.03 bits per heavy atom. The van der Waals surface area contributed by atoms with Crippen molar-refractivity contribution >= 4 is 37.1 Å². The Morgan fingerprint density at radius 1 is 0.625 bits per heavy atom. The first kappa shape index (κ1) is 20.8. The van der Waals surface area contributed by atoms with Crippen LogP contribution in [0.5, 0.6) is 0 Å². The van der Waals surface area contributed by atoms with Gasteiger partial charge in [-0.15, -0.1) is 0 Å². The minimum absolute atomic E-state index is 0.483. The third kappa shape index (κ3) is 3.07. The van der Waals surface area contributed by atoms with Gasteiger partial charge in [0.2, 0.25) is 20.0 Å². The number of para-hydroxylation sites is 2. The number of benzene rings is 3. The molecule has 3 aromatic carbocycles. The summed E-state index contributed by atoms with van der Waals surface area (Å²) in [7, 11) is -7.42. The van der Waals surface area contributed by atoms with Crippen LogP contribution in [0.3, 0.4) is 0 Å². The van der Waals surface area contributed by atoms with Crippen LogP contribution in [0.2, 0.25) is 0 Å². The zero-order valence-electron chi connectivity index (χ0n) is 17.9. The molecule has 2 aliphatic rings. The Hall–Kier alpha value is -3.04. The minimum Gasteiger partial charge on any atom is -0.320 e. The predicted molar refractivity (Wildman–Crippen MR) is 127 cm³/mol. The largest absolute Gasteiger partial charge is 0.320 e. The molecule has 32 heavy (non-hydrogen) atoms. The van der Waals surface area contributed by atoms with E-state index < -0.39 is 32.4 Å². The van der Waals surface area contributed by atoms with Gasteiger partial charge in [-0.2, -0.15) is 0 Å². The van der Waals surface area contributed by atoms with E-state index in [0.717, 1.165) is 11.3 Å². The monoisotopic (exact) mass is 469 g/mol. The highest BCUT2D eigenvalue weighted by Gasteiger charge is 2.52. The molecule has 9 heteroatoms. The van der Waals surface area contributed by atoms with Crippen molar-refractivity contribution in [1.82, 2.24) is 0 Å². The van der Waals surface area contributed by atoms with E-state index in [-0.39, 0.29) is 0 Å². The molecular weight excluding hydrogens is 446 g/mol. The van der Waals surface area contributed by atoms with Crippen LogP contribution in [0.15, 0.2) is 72.8 Å². The Labute approximate surface area is 188 Å². The lowest BCUT2D eigenvalue weighted by atomic mass is 9.95. The molecule has 3 aromatic rings. The number of fused-ring (bicyclic) bond motifs is 6. The topological polar surface area (TPSA) is 78.0 Å². The van der Waals surface area contributed by atoms with E-state index in [1.54, 1.807) is 48.5 Å². The normalized spacial score (nSPS) is 20.0. The molecule has 2 atom stereocenters. The zero-order chi connectivity index (χ0) is 22.8. The fourth-order valence-corrected chi connectivity index (χ4v) is 6.91. The molecule has 2 bridgehead atoms. The average Bonchev–Trinajstić information content (AvgIpc) is 2.72. The van der Waals surface area contributed by atoms with E-state index in [1.807, 2.05) is 36.1 Å². The van der Waals surface area contributed by atoms with Crippen LogP contribution in [-0.4, -0.2) is 29.3 Å². The highest BCUT2D eigenvalue weighted by Crippen LogP contribution is 2.56. The molecule has 0 unspecified atom stereocenters. The maximum absolute atomic E-state index is 13.1. The van der Waals surface area contributed by atoms with E-state index >= 15 is 0 Å². The van der Waals surface area contributed by atoms with E-state index in [4.69, 9.17) is 0 Å². The van der Waals surface area contributed by atoms with Gasteiger partial charge in [0.15, 0.2) is 0 Å². The second-order valence-corrected chi connectivity index (χ2v) is 11.9. The smallest absolute Gasteiger partial charge is 0.234 e. The summed E-state index contributed by atoms with van der Waals surface area (Å²) in [6.45, 7) is 1.97. The molecule has 5 rings (SSSR count). The Bertz CT molecular complexity index is 1330. The molecule has 0 N–H and O–H groups in total. The van der Waals surface area contributed by atoms with Crippen LogP contribution in [0.1, 0.15) is 29.0 Å². The van der Waals surface area contributed by atoms with Crippen molar-refractivity contribution in [1.29, 1.82) is 0 Å². The van der Waals surface area contributed by atoms with E-state index in [0.29, 0.717) is 22.5 Å². The van der Waals surface area contributed by atoms with Gasteiger partial charge in [0.1, 0.15) is 12.3 Å². The molecular formula is C23H23N3O4S2. The van der Waals surface area contributed by atoms with Crippen LogP contribution < -0.4 is 13.5 Å². The molecule has 2 aliphatic heterocycles. The Morgan fingerprint density at radius 3 is 1.44 bits per heavy atom. The van der Waals surface area contributed by atoms with Crippen molar-refractivity contribution in [2.75, 3.05) is 26.0 Å². The van der Waals surface area contributed by atoms with Gasteiger partial charge >= 0.3 is 0 Å². The molecule has 0 amide bonds. The standard InChI is InChI=1S/C23H23N3O4S2/c1-16-12-14-17(15-13-16)24-22-19-9-5-7-11-21(19)26(32(3,29)30)23(24)18-8-4-6-10-20(18)25(22)31(2,27)28/h4-15,22-23H,1-3H3/t22-,23+. The maximum Gasteiger partial charge on any atom is 0.234 e. The first-order valence-electron chi connectivity index (χ1n) is 10.1. The van der Waals surface area contributed by atoms with Crippen LogP contribution in [0.25, 0.3) is 0 Å². The fourth-order valence-electron chi connectivity index (χ4n) is 4.71. The molecule has 0 fully saturated rings. The second-order valence-electron chi connectivity index (χ2n) is 8.23. The van der Waals surface area contributed by atoms with Crippen molar-refractivity contribution < 1.29 is 16.8 Å². The van der Waals surface area contributed by atoms with Gasteiger partial charge in [-0.25, -0.2) is 25.4 Å². The maximum atomic E-state index is 13.1. The number of nitrogens with zero attached hydrogens (tertiary/aromatic N) is 3. The summed E-state index contributed by atoms with van der Waals surface area (Å²) in [5.74, 6) is 0. The highest BCUT2D eigenvalue weighted by molar-refractivity contribution is 7.92. The molecule has 0 radical (unpaired) electrons. The number of sulfonamides is 2. The first-order valence-corrected chi connectivity index (χ1v) is 13.8. The first-order chi connectivity index (χ1) is 15.1. The Balaban J connectivity index is 1.93. The number of anilines is 3. The lowest BCUT2D eigenvalue weighted by molar-refractivity contribution is 0.485. The third-order valence-corrected chi connectivity index (χ3v) is 8.14. The van der Waals surface area contributed by atoms with Gasteiger partial charge in [-0.3, -0.25) is 0 Å². The molecule has 0 saturated heterocycles. The van der Waals surface area contributed by atoms with Crippen LogP contribution in [0.4, 0.5) is 17.1 Å². The summed E-state index contributed by atoms with van der Waals surface area (Å²) < 4.78 is 55.3. The average molecular weight is 470 g/mol. The van der Waals surface area contributed by atoms with Crippen LogP contribution in [-0.2, 0) is 20.0 Å². The van der Waals surface area contributed by atoms with E-state index in [1.165, 1.54) is 21.1 Å². The van der Waals surface area contributed by atoms with Gasteiger partial charge < -0.3 is 4.90 Å². The molecule has 166 valence electrons. The molecule has 7 nitrogen and oxygen atoms in total. The van der Waals surface area contributed by atoms with Gasteiger partial charge in [-0.1, -0.05) is 54.1 Å². The summed E-state index contributed by atoms with van der Waals surface area (Å²) in [5.41, 5.74) is 3.96. The lowest BCUT2D eigenvalue weighted by Gasteiger charge is -2.56. The summed E-state index contributed by atoms with van der Waals surface area (Å²) in [6, 6.07) is 21.9. The summed E-state index contributed by atoms with van der Waals surface area (Å²) in [6.07, 6.45) is 0.898. The van der Waals surface area contributed by atoms with Crippen molar-refractivity contribution in [2.24, 2.45) is 0 Å². The quantitative estimate of drug-likeness (QED) is 0.584. The molecule has 0 aromatic heterocycles.